The van der Waals surface area contributed by atoms with E-state index in [1.807, 2.05) is 0 Å². The van der Waals surface area contributed by atoms with Crippen LogP contribution in [-0.2, 0) is 4.74 Å². The smallest absolute Gasteiger partial charge is 0.0615 e. The second kappa shape index (κ2) is 7.92. The summed E-state index contributed by atoms with van der Waals surface area (Å²) in [6.07, 6.45) is 1.22. The van der Waals surface area contributed by atoms with Crippen molar-refractivity contribution in [2.75, 3.05) is 26.8 Å². The molecule has 0 amide bonds. The topological polar surface area (TPSA) is 24.5 Å². The standard InChI is InChI=1S/C18H30N2O/c1-5-14(2)17-12-20(15(3)13-21-4)18(11-19-17)16-9-7-6-8-10-16/h6-10,14-15,17-19H,5,11-13H2,1-4H3. The van der Waals surface area contributed by atoms with Gasteiger partial charge in [-0.2, -0.15) is 0 Å². The molecular formula is C18H30N2O. The molecule has 3 heteroatoms. The van der Waals surface area contributed by atoms with Gasteiger partial charge in [-0.3, -0.25) is 4.90 Å². The van der Waals surface area contributed by atoms with E-state index >= 15 is 0 Å². The Bertz CT molecular complexity index is 409. The summed E-state index contributed by atoms with van der Waals surface area (Å²) in [5.74, 6) is 0.707. The molecule has 1 heterocycles. The van der Waals surface area contributed by atoms with Gasteiger partial charge in [0.1, 0.15) is 0 Å². The van der Waals surface area contributed by atoms with Crippen LogP contribution in [0, 0.1) is 5.92 Å². The van der Waals surface area contributed by atoms with Crippen molar-refractivity contribution >= 4 is 0 Å². The molecule has 1 aromatic carbocycles. The number of piperazine rings is 1. The largest absolute Gasteiger partial charge is 0.383 e. The molecule has 0 saturated carbocycles. The van der Waals surface area contributed by atoms with Crippen LogP contribution in [0.2, 0.25) is 0 Å². The molecule has 4 unspecified atom stereocenters. The minimum absolute atomic E-state index is 0.439. The molecule has 21 heavy (non-hydrogen) atoms. The maximum absolute atomic E-state index is 5.40. The molecule has 0 radical (unpaired) electrons. The van der Waals surface area contributed by atoms with Gasteiger partial charge < -0.3 is 10.1 Å². The van der Waals surface area contributed by atoms with Crippen molar-refractivity contribution < 1.29 is 4.74 Å². The SMILES string of the molecule is CCC(C)C1CN(C(C)COC)C(c2ccccc2)CN1. The lowest BCUT2D eigenvalue weighted by atomic mass is 9.92. The van der Waals surface area contributed by atoms with Crippen molar-refractivity contribution in [2.45, 2.75) is 45.3 Å². The molecule has 0 bridgehead atoms. The minimum atomic E-state index is 0.439. The molecule has 1 N–H and O–H groups in total. The Morgan fingerprint density at radius 2 is 2.00 bits per heavy atom. The van der Waals surface area contributed by atoms with Gasteiger partial charge in [0.05, 0.1) is 6.61 Å². The van der Waals surface area contributed by atoms with Gasteiger partial charge in [0.25, 0.3) is 0 Å². The van der Waals surface area contributed by atoms with Gasteiger partial charge in [-0.25, -0.2) is 0 Å². The Morgan fingerprint density at radius 3 is 2.62 bits per heavy atom. The van der Waals surface area contributed by atoms with Gasteiger partial charge in [-0.15, -0.1) is 0 Å². The number of rotatable bonds is 6. The Hall–Kier alpha value is -0.900. The molecule has 1 aliphatic rings. The average Bonchev–Trinajstić information content (AvgIpc) is 2.54. The molecule has 1 aromatic rings. The van der Waals surface area contributed by atoms with Crippen molar-refractivity contribution in [3.05, 3.63) is 35.9 Å². The lowest BCUT2D eigenvalue weighted by molar-refractivity contribution is 0.0318. The van der Waals surface area contributed by atoms with Crippen molar-refractivity contribution in [1.29, 1.82) is 0 Å². The van der Waals surface area contributed by atoms with Gasteiger partial charge in [0, 0.05) is 38.3 Å². The zero-order valence-electron chi connectivity index (χ0n) is 13.9. The molecule has 4 atom stereocenters. The fraction of sp³-hybridized carbons (Fsp3) is 0.667. The van der Waals surface area contributed by atoms with E-state index in [1.165, 1.54) is 12.0 Å². The van der Waals surface area contributed by atoms with E-state index in [-0.39, 0.29) is 0 Å². The van der Waals surface area contributed by atoms with Gasteiger partial charge in [0.2, 0.25) is 0 Å². The first kappa shape index (κ1) is 16.5. The molecule has 0 aromatic heterocycles. The van der Waals surface area contributed by atoms with Gasteiger partial charge in [0.15, 0.2) is 0 Å². The third-order valence-corrected chi connectivity index (χ3v) is 4.87. The first-order valence-corrected chi connectivity index (χ1v) is 8.20. The van der Waals surface area contributed by atoms with Crippen LogP contribution in [0.25, 0.3) is 0 Å². The fourth-order valence-electron chi connectivity index (χ4n) is 3.27. The quantitative estimate of drug-likeness (QED) is 0.871. The molecule has 1 fully saturated rings. The number of ether oxygens (including phenoxy) is 1. The Labute approximate surface area is 129 Å². The van der Waals surface area contributed by atoms with Crippen LogP contribution >= 0.6 is 0 Å². The Kier molecular flexibility index (Phi) is 6.22. The van der Waals surface area contributed by atoms with Crippen molar-refractivity contribution in [3.63, 3.8) is 0 Å². The van der Waals surface area contributed by atoms with Crippen molar-refractivity contribution in [2.24, 2.45) is 5.92 Å². The van der Waals surface area contributed by atoms with Crippen LogP contribution in [0.4, 0.5) is 0 Å². The van der Waals surface area contributed by atoms with E-state index in [0.29, 0.717) is 24.0 Å². The summed E-state index contributed by atoms with van der Waals surface area (Å²) < 4.78 is 5.40. The molecular weight excluding hydrogens is 260 g/mol. The zero-order valence-corrected chi connectivity index (χ0v) is 13.9. The average molecular weight is 290 g/mol. The number of nitrogens with zero attached hydrogens (tertiary/aromatic N) is 1. The normalized spacial score (nSPS) is 26.5. The van der Waals surface area contributed by atoms with E-state index in [9.17, 15) is 0 Å². The predicted octanol–water partition coefficient (Wildman–Crippen LogP) is 3.08. The summed E-state index contributed by atoms with van der Waals surface area (Å²) in [7, 11) is 1.79. The van der Waals surface area contributed by atoms with Crippen molar-refractivity contribution in [1.82, 2.24) is 10.2 Å². The van der Waals surface area contributed by atoms with Crippen LogP contribution in [-0.4, -0.2) is 43.8 Å². The molecule has 1 aliphatic heterocycles. The van der Waals surface area contributed by atoms with Gasteiger partial charge >= 0.3 is 0 Å². The summed E-state index contributed by atoms with van der Waals surface area (Å²) in [5.41, 5.74) is 1.40. The monoisotopic (exact) mass is 290 g/mol. The number of nitrogens with one attached hydrogen (secondary N) is 1. The molecule has 1 saturated heterocycles. The van der Waals surface area contributed by atoms with Crippen LogP contribution in [0.1, 0.15) is 38.8 Å². The lowest BCUT2D eigenvalue weighted by Crippen LogP contribution is -2.57. The molecule has 3 nitrogen and oxygen atoms in total. The Morgan fingerprint density at radius 1 is 1.29 bits per heavy atom. The molecule has 2 rings (SSSR count). The van der Waals surface area contributed by atoms with Gasteiger partial charge in [-0.1, -0.05) is 50.6 Å². The number of hydrogen-bond donors (Lipinski definition) is 1. The highest BCUT2D eigenvalue weighted by Gasteiger charge is 2.33. The summed E-state index contributed by atoms with van der Waals surface area (Å²) in [5, 5.41) is 3.76. The van der Waals surface area contributed by atoms with Crippen LogP contribution in [0.3, 0.4) is 0 Å². The summed E-state index contributed by atoms with van der Waals surface area (Å²) in [6, 6.07) is 12.3. The summed E-state index contributed by atoms with van der Waals surface area (Å²) in [6.45, 7) is 9.80. The van der Waals surface area contributed by atoms with Crippen molar-refractivity contribution in [3.8, 4) is 0 Å². The predicted molar refractivity (Wildman–Crippen MR) is 88.5 cm³/mol. The first-order valence-electron chi connectivity index (χ1n) is 8.20. The first-order chi connectivity index (χ1) is 10.2. The fourth-order valence-corrected chi connectivity index (χ4v) is 3.27. The summed E-state index contributed by atoms with van der Waals surface area (Å²) in [4.78, 5) is 2.62. The minimum Gasteiger partial charge on any atom is -0.383 e. The van der Waals surface area contributed by atoms with Crippen LogP contribution in [0.5, 0.6) is 0 Å². The summed E-state index contributed by atoms with van der Waals surface area (Å²) >= 11 is 0. The molecule has 0 spiro atoms. The highest BCUT2D eigenvalue weighted by molar-refractivity contribution is 5.20. The third-order valence-electron chi connectivity index (χ3n) is 4.87. The van der Waals surface area contributed by atoms with E-state index in [1.54, 1.807) is 7.11 Å². The number of hydrogen-bond acceptors (Lipinski definition) is 3. The lowest BCUT2D eigenvalue weighted by Gasteiger charge is -2.45. The third kappa shape index (κ3) is 4.06. The maximum atomic E-state index is 5.40. The highest BCUT2D eigenvalue weighted by Crippen LogP contribution is 2.28. The number of methoxy groups -OCH3 is 1. The highest BCUT2D eigenvalue weighted by atomic mass is 16.5. The van der Waals surface area contributed by atoms with E-state index in [0.717, 1.165) is 19.7 Å². The molecule has 118 valence electrons. The van der Waals surface area contributed by atoms with E-state index < -0.39 is 0 Å². The van der Waals surface area contributed by atoms with Crippen LogP contribution in [0.15, 0.2) is 30.3 Å². The van der Waals surface area contributed by atoms with E-state index in [4.69, 9.17) is 4.74 Å². The zero-order chi connectivity index (χ0) is 15.2. The van der Waals surface area contributed by atoms with E-state index in [2.05, 4.69) is 61.3 Å². The number of benzene rings is 1. The second-order valence-electron chi connectivity index (χ2n) is 6.33. The maximum Gasteiger partial charge on any atom is 0.0615 e. The second-order valence-corrected chi connectivity index (χ2v) is 6.33. The van der Waals surface area contributed by atoms with Gasteiger partial charge in [-0.05, 0) is 18.4 Å². The Balaban J connectivity index is 2.16. The van der Waals surface area contributed by atoms with Crippen LogP contribution < -0.4 is 5.32 Å². The molecule has 0 aliphatic carbocycles.